The minimum atomic E-state index is 0.140. The minimum Gasteiger partial charge on any atom is -0.351 e. The Morgan fingerprint density at radius 3 is 3.07 bits per heavy atom. The van der Waals surface area contributed by atoms with Gasteiger partial charge in [-0.15, -0.1) is 11.3 Å². The largest absolute Gasteiger partial charge is 0.351 e. The Hall–Kier alpha value is -0.830. The zero-order chi connectivity index (χ0) is 10.3. The summed E-state index contributed by atoms with van der Waals surface area (Å²) in [6.07, 6.45) is 6.20. The lowest BCUT2D eigenvalue weighted by atomic mass is 10.2. The van der Waals surface area contributed by atoms with E-state index in [1.54, 1.807) is 11.3 Å². The summed E-state index contributed by atoms with van der Waals surface area (Å²) in [5.74, 6) is 0.905. The topological polar surface area (TPSA) is 29.1 Å². The number of hydrogen-bond acceptors (Lipinski definition) is 2. The molecule has 1 heterocycles. The number of nitrogens with one attached hydrogen (secondary N) is 1. The molecular formula is C12H15NOS. The highest BCUT2D eigenvalue weighted by molar-refractivity contribution is 7.14. The molecular weight excluding hydrogens is 206 g/mol. The Kier molecular flexibility index (Phi) is 2.28. The first-order valence-corrected chi connectivity index (χ1v) is 6.54. The molecule has 3 heteroatoms. The van der Waals surface area contributed by atoms with Crippen LogP contribution in [0.5, 0.6) is 0 Å². The number of amides is 1. The quantitative estimate of drug-likeness (QED) is 0.834. The summed E-state index contributed by atoms with van der Waals surface area (Å²) >= 11 is 1.69. The summed E-state index contributed by atoms with van der Waals surface area (Å²) in [7, 11) is 0. The van der Waals surface area contributed by atoms with Crippen LogP contribution in [0, 0.1) is 5.92 Å². The van der Waals surface area contributed by atoms with Crippen molar-refractivity contribution in [3.8, 4) is 0 Å². The van der Waals surface area contributed by atoms with Crippen molar-refractivity contribution in [2.75, 3.05) is 6.54 Å². The van der Waals surface area contributed by atoms with Crippen LogP contribution in [0.3, 0.4) is 0 Å². The van der Waals surface area contributed by atoms with Gasteiger partial charge in [0.15, 0.2) is 0 Å². The minimum absolute atomic E-state index is 0.140. The molecule has 2 nitrogen and oxygen atoms in total. The van der Waals surface area contributed by atoms with Gasteiger partial charge in [0, 0.05) is 11.4 Å². The maximum atomic E-state index is 11.8. The van der Waals surface area contributed by atoms with Crippen molar-refractivity contribution in [3.63, 3.8) is 0 Å². The van der Waals surface area contributed by atoms with Crippen molar-refractivity contribution in [1.29, 1.82) is 0 Å². The predicted octanol–water partition coefficient (Wildman–Crippen LogP) is 2.38. The second-order valence-electron chi connectivity index (χ2n) is 4.57. The van der Waals surface area contributed by atoms with Crippen LogP contribution in [0.1, 0.15) is 39.4 Å². The van der Waals surface area contributed by atoms with Crippen LogP contribution >= 0.6 is 11.3 Å². The highest BCUT2D eigenvalue weighted by atomic mass is 32.1. The number of fused-ring (bicyclic) bond motifs is 1. The Bertz CT molecular complexity index is 371. The fourth-order valence-corrected chi connectivity index (χ4v) is 3.26. The maximum absolute atomic E-state index is 11.8. The zero-order valence-corrected chi connectivity index (χ0v) is 9.53. The van der Waals surface area contributed by atoms with E-state index in [0.717, 1.165) is 17.3 Å². The highest BCUT2D eigenvalue weighted by Gasteiger charge is 2.23. The molecule has 0 aromatic carbocycles. The van der Waals surface area contributed by atoms with Gasteiger partial charge >= 0.3 is 0 Å². The van der Waals surface area contributed by atoms with Gasteiger partial charge in [-0.05, 0) is 49.7 Å². The molecule has 1 N–H and O–H groups in total. The molecule has 3 rings (SSSR count). The van der Waals surface area contributed by atoms with E-state index in [1.165, 1.54) is 42.5 Å². The van der Waals surface area contributed by atoms with Crippen molar-refractivity contribution in [1.82, 2.24) is 5.32 Å². The smallest absolute Gasteiger partial charge is 0.261 e. The first-order chi connectivity index (χ1) is 7.33. The third-order valence-corrected chi connectivity index (χ3v) is 4.45. The van der Waals surface area contributed by atoms with Gasteiger partial charge in [0.2, 0.25) is 0 Å². The fraction of sp³-hybridized carbons (Fsp3) is 0.583. The molecule has 0 unspecified atom stereocenters. The maximum Gasteiger partial charge on any atom is 0.261 e. The van der Waals surface area contributed by atoms with E-state index in [4.69, 9.17) is 0 Å². The normalized spacial score (nSPS) is 18.9. The number of hydrogen-bond donors (Lipinski definition) is 1. The van der Waals surface area contributed by atoms with Crippen molar-refractivity contribution >= 4 is 17.2 Å². The molecule has 80 valence electrons. The second kappa shape index (κ2) is 3.63. The van der Waals surface area contributed by atoms with Gasteiger partial charge in [-0.3, -0.25) is 4.79 Å². The van der Waals surface area contributed by atoms with Gasteiger partial charge in [0.05, 0.1) is 4.88 Å². The lowest BCUT2D eigenvalue weighted by Crippen LogP contribution is -2.24. The summed E-state index contributed by atoms with van der Waals surface area (Å²) in [6.45, 7) is 0.876. The van der Waals surface area contributed by atoms with Gasteiger partial charge in [-0.2, -0.15) is 0 Å². The van der Waals surface area contributed by atoms with Crippen LogP contribution in [0.25, 0.3) is 0 Å². The second-order valence-corrected chi connectivity index (χ2v) is 5.70. The van der Waals surface area contributed by atoms with Gasteiger partial charge in [0.25, 0.3) is 5.91 Å². The average molecular weight is 221 g/mol. The molecule has 0 saturated heterocycles. The molecule has 0 spiro atoms. The zero-order valence-electron chi connectivity index (χ0n) is 8.71. The van der Waals surface area contributed by atoms with Crippen LogP contribution in [0.4, 0.5) is 0 Å². The highest BCUT2D eigenvalue weighted by Crippen LogP contribution is 2.31. The van der Waals surface area contributed by atoms with E-state index in [0.29, 0.717) is 0 Å². The van der Waals surface area contributed by atoms with E-state index in [2.05, 4.69) is 11.4 Å². The van der Waals surface area contributed by atoms with Gasteiger partial charge in [0.1, 0.15) is 0 Å². The van der Waals surface area contributed by atoms with Gasteiger partial charge < -0.3 is 5.32 Å². The van der Waals surface area contributed by atoms with Crippen LogP contribution in [-0.4, -0.2) is 12.5 Å². The molecule has 1 amide bonds. The first-order valence-electron chi connectivity index (χ1n) is 5.73. The number of thiophene rings is 1. The van der Waals surface area contributed by atoms with E-state index in [-0.39, 0.29) is 5.91 Å². The Morgan fingerprint density at radius 2 is 2.33 bits per heavy atom. The summed E-state index contributed by atoms with van der Waals surface area (Å²) in [6, 6.07) is 2.09. The summed E-state index contributed by atoms with van der Waals surface area (Å²) in [4.78, 5) is 14.1. The Labute approximate surface area is 93.7 Å². The third kappa shape index (κ3) is 1.93. The Morgan fingerprint density at radius 1 is 1.47 bits per heavy atom. The lowest BCUT2D eigenvalue weighted by Gasteiger charge is -2.00. The van der Waals surface area contributed by atoms with Crippen molar-refractivity contribution < 1.29 is 4.79 Å². The fourth-order valence-electron chi connectivity index (χ4n) is 2.09. The molecule has 1 saturated carbocycles. The van der Waals surface area contributed by atoms with E-state index in [9.17, 15) is 4.79 Å². The van der Waals surface area contributed by atoms with Gasteiger partial charge in [-0.25, -0.2) is 0 Å². The third-order valence-electron chi connectivity index (χ3n) is 3.22. The molecule has 1 aromatic rings. The SMILES string of the molecule is O=C(NCC1CC1)c1cc2c(s1)CCC2. The van der Waals surface area contributed by atoms with E-state index in [1.807, 2.05) is 0 Å². The molecule has 1 fully saturated rings. The first kappa shape index (κ1) is 9.40. The lowest BCUT2D eigenvalue weighted by molar-refractivity contribution is 0.0956. The molecule has 2 aliphatic carbocycles. The number of aryl methyl sites for hydroxylation is 2. The van der Waals surface area contributed by atoms with Crippen LogP contribution in [0.2, 0.25) is 0 Å². The molecule has 0 aliphatic heterocycles. The molecule has 2 aliphatic rings. The Balaban J connectivity index is 1.66. The van der Waals surface area contributed by atoms with Crippen LogP contribution < -0.4 is 5.32 Å². The summed E-state index contributed by atoms with van der Waals surface area (Å²) < 4.78 is 0. The van der Waals surface area contributed by atoms with Crippen molar-refractivity contribution in [3.05, 3.63) is 21.4 Å². The molecule has 0 radical (unpaired) electrons. The van der Waals surface area contributed by atoms with Crippen LogP contribution in [-0.2, 0) is 12.8 Å². The van der Waals surface area contributed by atoms with E-state index >= 15 is 0 Å². The number of carbonyl (C=O) groups excluding carboxylic acids is 1. The monoisotopic (exact) mass is 221 g/mol. The molecule has 0 bridgehead atoms. The summed E-state index contributed by atoms with van der Waals surface area (Å²) in [5.41, 5.74) is 1.41. The van der Waals surface area contributed by atoms with Gasteiger partial charge in [-0.1, -0.05) is 0 Å². The number of carbonyl (C=O) groups is 1. The van der Waals surface area contributed by atoms with Crippen molar-refractivity contribution in [2.24, 2.45) is 5.92 Å². The molecule has 1 aromatic heterocycles. The predicted molar refractivity (Wildman–Crippen MR) is 61.4 cm³/mol. The number of rotatable bonds is 3. The average Bonchev–Trinajstić information content (AvgIpc) is 2.79. The summed E-state index contributed by atoms with van der Waals surface area (Å²) in [5, 5.41) is 3.02. The van der Waals surface area contributed by atoms with E-state index < -0.39 is 0 Å². The van der Waals surface area contributed by atoms with Crippen LogP contribution in [0.15, 0.2) is 6.07 Å². The molecule has 0 atom stereocenters. The standard InChI is InChI=1S/C12H15NOS/c14-12(13-7-8-4-5-8)11-6-9-2-1-3-10(9)15-11/h6,8H,1-5,7H2,(H,13,14). The molecule has 15 heavy (non-hydrogen) atoms. The van der Waals surface area contributed by atoms with Crippen molar-refractivity contribution in [2.45, 2.75) is 32.1 Å².